The molecule has 1 atom stereocenters. The molecule has 1 saturated carbocycles. The van der Waals surface area contributed by atoms with Crippen LogP contribution < -0.4 is 5.32 Å². The molecule has 2 rings (SSSR count). The Hall–Kier alpha value is -0.130. The molecule has 0 aromatic rings. The van der Waals surface area contributed by atoms with E-state index in [9.17, 15) is 8.42 Å². The molecule has 0 aromatic carbocycles. The minimum Gasteiger partial charge on any atom is -0.313 e. The first-order chi connectivity index (χ1) is 7.10. The number of piperidine rings is 1. The molecule has 2 fully saturated rings. The minimum atomic E-state index is -2.97. The molecule has 1 heterocycles. The van der Waals surface area contributed by atoms with Gasteiger partial charge in [-0.05, 0) is 32.2 Å². The van der Waals surface area contributed by atoms with Gasteiger partial charge in [-0.25, -0.2) is 12.7 Å². The molecule has 0 spiro atoms. The number of sulfonamides is 1. The van der Waals surface area contributed by atoms with Gasteiger partial charge in [-0.1, -0.05) is 6.42 Å². The van der Waals surface area contributed by atoms with E-state index in [4.69, 9.17) is 0 Å². The van der Waals surface area contributed by atoms with E-state index in [1.54, 1.807) is 11.4 Å². The van der Waals surface area contributed by atoms with Crippen LogP contribution in [0.15, 0.2) is 0 Å². The van der Waals surface area contributed by atoms with Crippen LogP contribution in [0.3, 0.4) is 0 Å². The summed E-state index contributed by atoms with van der Waals surface area (Å²) >= 11 is 0. The van der Waals surface area contributed by atoms with Crippen LogP contribution >= 0.6 is 0 Å². The number of rotatable bonds is 4. The van der Waals surface area contributed by atoms with E-state index in [1.165, 1.54) is 12.8 Å². The third kappa shape index (κ3) is 2.71. The summed E-state index contributed by atoms with van der Waals surface area (Å²) in [6.07, 6.45) is 5.24. The normalized spacial score (nSPS) is 28.3. The van der Waals surface area contributed by atoms with Gasteiger partial charge in [-0.3, -0.25) is 0 Å². The van der Waals surface area contributed by atoms with Crippen LogP contribution in [0, 0.1) is 0 Å². The maximum Gasteiger partial charge on any atom is 0.216 e. The monoisotopic (exact) mass is 232 g/mol. The molecule has 0 bridgehead atoms. The van der Waals surface area contributed by atoms with E-state index >= 15 is 0 Å². The van der Waals surface area contributed by atoms with Crippen molar-refractivity contribution in [1.29, 1.82) is 0 Å². The van der Waals surface area contributed by atoms with Crippen LogP contribution in [0.2, 0.25) is 0 Å². The molecule has 2 aliphatic rings. The van der Waals surface area contributed by atoms with Gasteiger partial charge in [-0.15, -0.1) is 0 Å². The van der Waals surface area contributed by atoms with Crippen molar-refractivity contribution < 1.29 is 8.42 Å². The summed E-state index contributed by atoms with van der Waals surface area (Å²) in [6.45, 7) is 1.67. The molecule has 0 aromatic heterocycles. The predicted octanol–water partition coefficient (Wildman–Crippen LogP) is 0.552. The lowest BCUT2D eigenvalue weighted by Crippen LogP contribution is -2.44. The van der Waals surface area contributed by atoms with Crippen molar-refractivity contribution in [2.75, 3.05) is 20.1 Å². The summed E-state index contributed by atoms with van der Waals surface area (Å²) in [7, 11) is -1.26. The Morgan fingerprint density at radius 1 is 1.27 bits per heavy atom. The van der Waals surface area contributed by atoms with E-state index in [1.807, 2.05) is 0 Å². The van der Waals surface area contributed by atoms with Gasteiger partial charge in [0, 0.05) is 19.6 Å². The van der Waals surface area contributed by atoms with Crippen molar-refractivity contribution in [2.24, 2.45) is 0 Å². The average Bonchev–Trinajstić information content (AvgIpc) is 3.02. The Labute approximate surface area is 92.1 Å². The third-order valence-corrected chi connectivity index (χ3v) is 5.60. The van der Waals surface area contributed by atoms with Crippen LogP contribution in [-0.4, -0.2) is 44.2 Å². The van der Waals surface area contributed by atoms with E-state index in [2.05, 4.69) is 5.32 Å². The van der Waals surface area contributed by atoms with Gasteiger partial charge in [0.05, 0.1) is 5.25 Å². The summed E-state index contributed by atoms with van der Waals surface area (Å²) in [5, 5.41) is 3.30. The van der Waals surface area contributed by atoms with E-state index < -0.39 is 10.0 Å². The molecule has 0 amide bonds. The highest BCUT2D eigenvalue weighted by atomic mass is 32.2. The zero-order chi connectivity index (χ0) is 10.9. The second-order valence-electron chi connectivity index (χ2n) is 4.67. The molecule has 15 heavy (non-hydrogen) atoms. The Balaban J connectivity index is 1.87. The Morgan fingerprint density at radius 2 is 2.00 bits per heavy atom. The summed E-state index contributed by atoms with van der Waals surface area (Å²) in [5.74, 6) is 0. The smallest absolute Gasteiger partial charge is 0.216 e. The summed E-state index contributed by atoms with van der Waals surface area (Å²) in [4.78, 5) is 0. The summed E-state index contributed by atoms with van der Waals surface area (Å²) in [5.41, 5.74) is 0. The minimum absolute atomic E-state index is 0.0777. The standard InChI is InChI=1S/C10H20N2O2S/c1-12(15(13,14)10-5-6-10)8-9-4-2-3-7-11-9/h9-11H,2-8H2,1H3. The van der Waals surface area contributed by atoms with Crippen molar-refractivity contribution in [3.63, 3.8) is 0 Å². The molecular formula is C10H20N2O2S. The fraction of sp³-hybridized carbons (Fsp3) is 1.00. The average molecular weight is 232 g/mol. The number of likely N-dealkylation sites (N-methyl/N-ethyl adjacent to an activating group) is 1. The SMILES string of the molecule is CN(CC1CCCCN1)S(=O)(=O)C1CC1. The molecule has 0 radical (unpaired) electrons. The van der Waals surface area contributed by atoms with Crippen molar-refractivity contribution in [3.8, 4) is 0 Å². The van der Waals surface area contributed by atoms with Gasteiger partial charge in [0.1, 0.15) is 0 Å². The van der Waals surface area contributed by atoms with Crippen molar-refractivity contribution in [3.05, 3.63) is 0 Å². The van der Waals surface area contributed by atoms with Crippen LogP contribution in [0.25, 0.3) is 0 Å². The molecule has 1 aliphatic heterocycles. The number of hydrogen-bond donors (Lipinski definition) is 1. The topological polar surface area (TPSA) is 49.4 Å². The zero-order valence-electron chi connectivity index (χ0n) is 9.28. The highest BCUT2D eigenvalue weighted by molar-refractivity contribution is 7.90. The zero-order valence-corrected chi connectivity index (χ0v) is 10.1. The first-order valence-corrected chi connectivity index (χ1v) is 7.29. The fourth-order valence-corrected chi connectivity index (χ4v) is 3.74. The summed E-state index contributed by atoms with van der Waals surface area (Å²) < 4.78 is 25.3. The van der Waals surface area contributed by atoms with Gasteiger partial charge in [0.15, 0.2) is 0 Å². The van der Waals surface area contributed by atoms with E-state index in [-0.39, 0.29) is 5.25 Å². The van der Waals surface area contributed by atoms with Gasteiger partial charge < -0.3 is 5.32 Å². The van der Waals surface area contributed by atoms with Gasteiger partial charge in [0.25, 0.3) is 0 Å². The Morgan fingerprint density at radius 3 is 2.53 bits per heavy atom. The van der Waals surface area contributed by atoms with Crippen LogP contribution in [-0.2, 0) is 10.0 Å². The number of nitrogens with zero attached hydrogens (tertiary/aromatic N) is 1. The van der Waals surface area contributed by atoms with Gasteiger partial charge >= 0.3 is 0 Å². The fourth-order valence-electron chi connectivity index (χ4n) is 2.11. The van der Waals surface area contributed by atoms with Crippen molar-refractivity contribution >= 4 is 10.0 Å². The largest absolute Gasteiger partial charge is 0.313 e. The molecule has 88 valence electrons. The van der Waals surface area contributed by atoms with E-state index in [0.29, 0.717) is 12.6 Å². The highest BCUT2D eigenvalue weighted by Crippen LogP contribution is 2.30. The maximum atomic E-state index is 11.9. The van der Waals surface area contributed by atoms with Gasteiger partial charge in [0.2, 0.25) is 10.0 Å². The first-order valence-electron chi connectivity index (χ1n) is 5.79. The highest BCUT2D eigenvalue weighted by Gasteiger charge is 2.39. The quantitative estimate of drug-likeness (QED) is 0.770. The third-order valence-electron chi connectivity index (χ3n) is 3.27. The molecule has 1 N–H and O–H groups in total. The molecular weight excluding hydrogens is 212 g/mol. The first kappa shape index (κ1) is 11.4. The lowest BCUT2D eigenvalue weighted by molar-refractivity contribution is 0.337. The molecule has 1 aliphatic carbocycles. The summed E-state index contributed by atoms with van der Waals surface area (Å²) in [6, 6.07) is 0.359. The Kier molecular flexibility index (Phi) is 3.33. The number of hydrogen-bond acceptors (Lipinski definition) is 3. The molecule has 1 saturated heterocycles. The van der Waals surface area contributed by atoms with Crippen LogP contribution in [0.4, 0.5) is 0 Å². The van der Waals surface area contributed by atoms with Gasteiger partial charge in [-0.2, -0.15) is 0 Å². The second-order valence-corrected chi connectivity index (χ2v) is 6.99. The van der Waals surface area contributed by atoms with Crippen LogP contribution in [0.1, 0.15) is 32.1 Å². The van der Waals surface area contributed by atoms with E-state index in [0.717, 1.165) is 25.8 Å². The second kappa shape index (κ2) is 4.39. The molecule has 5 heteroatoms. The Bertz CT molecular complexity index is 305. The van der Waals surface area contributed by atoms with Crippen molar-refractivity contribution in [2.45, 2.75) is 43.4 Å². The number of nitrogens with one attached hydrogen (secondary N) is 1. The molecule has 1 unspecified atom stereocenters. The van der Waals surface area contributed by atoms with Crippen molar-refractivity contribution in [1.82, 2.24) is 9.62 Å². The lowest BCUT2D eigenvalue weighted by Gasteiger charge is -2.27. The lowest BCUT2D eigenvalue weighted by atomic mass is 10.1. The molecule has 4 nitrogen and oxygen atoms in total. The van der Waals surface area contributed by atoms with Crippen LogP contribution in [0.5, 0.6) is 0 Å². The maximum absolute atomic E-state index is 11.9. The predicted molar refractivity (Wildman–Crippen MR) is 60.2 cm³/mol.